The summed E-state index contributed by atoms with van der Waals surface area (Å²) in [6.07, 6.45) is 6.63. The molecule has 9 heteroatoms. The number of unbranched alkanes of at least 4 members (excludes halogenated alkanes) is 4. The third kappa shape index (κ3) is 8.84. The number of aryl methyl sites for hydroxylation is 2. The predicted octanol–water partition coefficient (Wildman–Crippen LogP) is 7.92. The van der Waals surface area contributed by atoms with Crippen LogP contribution in [0.2, 0.25) is 0 Å². The maximum absolute atomic E-state index is 11.2. The van der Waals surface area contributed by atoms with Crippen LogP contribution in [0.15, 0.2) is 76.5 Å². The zero-order chi connectivity index (χ0) is 29.9. The van der Waals surface area contributed by atoms with E-state index in [-0.39, 0.29) is 5.75 Å². The SMILES string of the molecule is C=C(C)C(=O)OOCCCCCCOc1ccc(Sc2ccc3nn(-c4cc(C)cc(CCCC)c4O)nc3c2)cc1. The number of phenolic OH excluding ortho intramolecular Hbond substituents is 1. The van der Waals surface area contributed by atoms with Crippen LogP contribution in [0.5, 0.6) is 11.5 Å². The van der Waals surface area contributed by atoms with E-state index in [0.29, 0.717) is 24.5 Å². The van der Waals surface area contributed by atoms with Crippen molar-refractivity contribution in [2.24, 2.45) is 0 Å². The molecule has 3 aromatic carbocycles. The number of hydrogen-bond donors (Lipinski definition) is 1. The lowest BCUT2D eigenvalue weighted by Gasteiger charge is -2.10. The minimum Gasteiger partial charge on any atom is -0.505 e. The van der Waals surface area contributed by atoms with E-state index >= 15 is 0 Å². The number of carbonyl (C=O) groups is 1. The first-order valence-electron chi connectivity index (χ1n) is 14.4. The van der Waals surface area contributed by atoms with Crippen molar-refractivity contribution < 1.29 is 24.4 Å². The second-order valence-corrected chi connectivity index (χ2v) is 11.5. The number of phenols is 1. The summed E-state index contributed by atoms with van der Waals surface area (Å²) in [5, 5.41) is 20.2. The Hall–Kier alpha value is -3.82. The Morgan fingerprint density at radius 1 is 0.929 bits per heavy atom. The monoisotopic (exact) mass is 589 g/mol. The Labute approximate surface area is 251 Å². The molecule has 4 rings (SSSR count). The van der Waals surface area contributed by atoms with Gasteiger partial charge in [0.05, 0.1) is 13.2 Å². The molecular formula is C33H39N3O5S. The van der Waals surface area contributed by atoms with Crippen LogP contribution in [0.3, 0.4) is 0 Å². The second kappa shape index (κ2) is 15.4. The van der Waals surface area contributed by atoms with Gasteiger partial charge in [-0.2, -0.15) is 4.89 Å². The third-order valence-electron chi connectivity index (χ3n) is 6.61. The third-order valence-corrected chi connectivity index (χ3v) is 7.61. The molecule has 0 fully saturated rings. The Morgan fingerprint density at radius 2 is 1.64 bits per heavy atom. The summed E-state index contributed by atoms with van der Waals surface area (Å²) >= 11 is 1.65. The molecule has 0 unspecified atom stereocenters. The molecule has 0 atom stereocenters. The predicted molar refractivity (Wildman–Crippen MR) is 165 cm³/mol. The van der Waals surface area contributed by atoms with Crippen molar-refractivity contribution in [3.8, 4) is 17.2 Å². The normalized spacial score (nSPS) is 11.1. The number of benzene rings is 3. The first-order chi connectivity index (χ1) is 20.3. The number of aromatic nitrogens is 3. The molecule has 1 N–H and O–H groups in total. The van der Waals surface area contributed by atoms with Crippen molar-refractivity contribution in [1.29, 1.82) is 0 Å². The van der Waals surface area contributed by atoms with Crippen LogP contribution in [0.25, 0.3) is 16.7 Å². The summed E-state index contributed by atoms with van der Waals surface area (Å²) in [5.41, 5.74) is 4.48. The molecule has 0 aliphatic carbocycles. The van der Waals surface area contributed by atoms with Crippen LogP contribution < -0.4 is 4.74 Å². The average Bonchev–Trinajstić information content (AvgIpc) is 3.40. The summed E-state index contributed by atoms with van der Waals surface area (Å²) in [5.74, 6) is 0.554. The van der Waals surface area contributed by atoms with Crippen molar-refractivity contribution in [1.82, 2.24) is 15.0 Å². The van der Waals surface area contributed by atoms with Gasteiger partial charge in [-0.15, -0.1) is 15.0 Å². The van der Waals surface area contributed by atoms with Crippen LogP contribution in [0.1, 0.15) is 63.5 Å². The maximum Gasteiger partial charge on any atom is 0.368 e. The number of ether oxygens (including phenoxy) is 1. The fraction of sp³-hybridized carbons (Fsp3) is 0.364. The molecule has 0 radical (unpaired) electrons. The molecule has 0 saturated heterocycles. The minimum absolute atomic E-state index is 0.250. The average molecular weight is 590 g/mol. The van der Waals surface area contributed by atoms with Gasteiger partial charge in [0.2, 0.25) is 0 Å². The summed E-state index contributed by atoms with van der Waals surface area (Å²) in [7, 11) is 0. The zero-order valence-corrected chi connectivity index (χ0v) is 25.4. The summed E-state index contributed by atoms with van der Waals surface area (Å²) in [6, 6.07) is 18.0. The first kappa shape index (κ1) is 31.1. The highest BCUT2D eigenvalue weighted by Gasteiger charge is 2.14. The molecule has 0 aliphatic rings. The molecule has 42 heavy (non-hydrogen) atoms. The van der Waals surface area contributed by atoms with Crippen molar-refractivity contribution in [2.45, 2.75) is 75.5 Å². The van der Waals surface area contributed by atoms with E-state index in [4.69, 9.17) is 9.62 Å². The quantitative estimate of drug-likeness (QED) is 0.0609. The van der Waals surface area contributed by atoms with Crippen LogP contribution in [0, 0.1) is 6.92 Å². The molecule has 4 aromatic rings. The molecule has 0 spiro atoms. The summed E-state index contributed by atoms with van der Waals surface area (Å²) < 4.78 is 5.89. The largest absolute Gasteiger partial charge is 0.505 e. The molecule has 1 heterocycles. The van der Waals surface area contributed by atoms with E-state index in [1.807, 2.05) is 61.5 Å². The number of hydrogen-bond acceptors (Lipinski definition) is 8. The van der Waals surface area contributed by atoms with Crippen molar-refractivity contribution in [3.63, 3.8) is 0 Å². The number of aromatic hydroxyl groups is 1. The minimum atomic E-state index is -0.533. The van der Waals surface area contributed by atoms with Crippen molar-refractivity contribution in [2.75, 3.05) is 13.2 Å². The molecule has 0 bridgehead atoms. The van der Waals surface area contributed by atoms with Gasteiger partial charge in [0.15, 0.2) is 0 Å². The van der Waals surface area contributed by atoms with Crippen molar-refractivity contribution >= 4 is 28.8 Å². The van der Waals surface area contributed by atoms with E-state index in [9.17, 15) is 9.90 Å². The van der Waals surface area contributed by atoms with Gasteiger partial charge in [0.25, 0.3) is 0 Å². The molecule has 0 amide bonds. The van der Waals surface area contributed by atoms with Crippen LogP contribution >= 0.6 is 11.8 Å². The topological polar surface area (TPSA) is 95.7 Å². The van der Waals surface area contributed by atoms with E-state index in [2.05, 4.69) is 28.6 Å². The van der Waals surface area contributed by atoms with Crippen LogP contribution in [-0.2, 0) is 21.0 Å². The Bertz CT molecular complexity index is 1500. The maximum atomic E-state index is 11.2. The molecular weight excluding hydrogens is 550 g/mol. The second-order valence-electron chi connectivity index (χ2n) is 10.3. The van der Waals surface area contributed by atoms with Gasteiger partial charge in [0, 0.05) is 15.4 Å². The lowest BCUT2D eigenvalue weighted by molar-refractivity contribution is -0.268. The van der Waals surface area contributed by atoms with Gasteiger partial charge < -0.3 is 9.84 Å². The van der Waals surface area contributed by atoms with Crippen LogP contribution in [0.4, 0.5) is 0 Å². The van der Waals surface area contributed by atoms with Gasteiger partial charge >= 0.3 is 5.97 Å². The highest BCUT2D eigenvalue weighted by Crippen LogP contribution is 2.32. The number of carbonyl (C=O) groups excluding carboxylic acids is 1. The lowest BCUT2D eigenvalue weighted by Crippen LogP contribution is -2.06. The van der Waals surface area contributed by atoms with E-state index in [1.165, 1.54) is 0 Å². The Kier molecular flexibility index (Phi) is 11.4. The van der Waals surface area contributed by atoms with E-state index in [1.54, 1.807) is 23.5 Å². The van der Waals surface area contributed by atoms with Crippen LogP contribution in [-0.4, -0.2) is 39.3 Å². The number of nitrogens with zero attached hydrogens (tertiary/aromatic N) is 3. The molecule has 8 nitrogen and oxygen atoms in total. The Morgan fingerprint density at radius 3 is 2.38 bits per heavy atom. The number of rotatable bonds is 16. The smallest absolute Gasteiger partial charge is 0.368 e. The highest BCUT2D eigenvalue weighted by molar-refractivity contribution is 7.99. The van der Waals surface area contributed by atoms with Gasteiger partial charge in [-0.1, -0.05) is 44.2 Å². The van der Waals surface area contributed by atoms with E-state index < -0.39 is 5.97 Å². The Balaban J connectivity index is 1.25. The fourth-order valence-corrected chi connectivity index (χ4v) is 5.17. The van der Waals surface area contributed by atoms with E-state index in [0.717, 1.165) is 82.6 Å². The summed E-state index contributed by atoms with van der Waals surface area (Å²) in [4.78, 5) is 24.4. The van der Waals surface area contributed by atoms with Gasteiger partial charge in [-0.05, 0) is 106 Å². The van der Waals surface area contributed by atoms with Gasteiger partial charge in [-0.3, -0.25) is 4.89 Å². The molecule has 1 aromatic heterocycles. The van der Waals surface area contributed by atoms with Crippen molar-refractivity contribution in [3.05, 3.63) is 77.9 Å². The first-order valence-corrected chi connectivity index (χ1v) is 15.3. The zero-order valence-electron chi connectivity index (χ0n) is 24.6. The summed E-state index contributed by atoms with van der Waals surface area (Å²) in [6.45, 7) is 10.3. The fourth-order valence-electron chi connectivity index (χ4n) is 4.32. The molecule has 0 aliphatic heterocycles. The molecule has 222 valence electrons. The highest BCUT2D eigenvalue weighted by atomic mass is 32.2. The number of fused-ring (bicyclic) bond motifs is 1. The lowest BCUT2D eigenvalue weighted by atomic mass is 10.0. The standard InChI is InChI=1S/C33H39N3O5S/c1-5-6-11-25-20-24(4)21-31(32(25)37)36-34-29-17-16-28(22-30(29)35-36)42-27-14-12-26(13-15-27)39-18-9-7-8-10-19-40-41-33(38)23(2)3/h12-17,20-22,37H,2,5-11,18-19H2,1,3-4H3. The van der Waals surface area contributed by atoms with Gasteiger partial charge in [0.1, 0.15) is 28.2 Å². The van der Waals surface area contributed by atoms with Gasteiger partial charge in [-0.25, -0.2) is 4.79 Å². The molecule has 0 saturated carbocycles.